The molecule has 0 heterocycles. The topological polar surface area (TPSA) is 20.2 Å². The molecule has 60 valence electrons. The number of rotatable bonds is 1. The van der Waals surface area contributed by atoms with E-state index in [1.165, 1.54) is 12.8 Å². The molecule has 0 aliphatic heterocycles. The normalized spacial score (nSPS) is 34.8. The van der Waals surface area contributed by atoms with E-state index in [1.54, 1.807) is 0 Å². The Bertz CT molecular complexity index is 98.9. The van der Waals surface area contributed by atoms with Crippen LogP contribution in [-0.4, -0.2) is 11.2 Å². The molecular formula is C9H18O. The van der Waals surface area contributed by atoms with Gasteiger partial charge in [0.05, 0.1) is 6.10 Å². The first-order valence-electron chi connectivity index (χ1n) is 4.38. The maximum Gasteiger partial charge on any atom is 0.0543 e. The molecule has 1 nitrogen and oxygen atoms in total. The zero-order chi connectivity index (χ0) is 7.56. The van der Waals surface area contributed by atoms with E-state index in [0.717, 1.165) is 24.7 Å². The van der Waals surface area contributed by atoms with Gasteiger partial charge < -0.3 is 5.11 Å². The first-order valence-corrected chi connectivity index (χ1v) is 4.38. The SMILES string of the molecule is CC(C)[C@@H]1CCC[C@H](O)C1. The summed E-state index contributed by atoms with van der Waals surface area (Å²) < 4.78 is 0. The van der Waals surface area contributed by atoms with Gasteiger partial charge in [0.2, 0.25) is 0 Å². The molecule has 2 atom stereocenters. The van der Waals surface area contributed by atoms with E-state index in [1.807, 2.05) is 0 Å². The lowest BCUT2D eigenvalue weighted by Crippen LogP contribution is -2.22. The summed E-state index contributed by atoms with van der Waals surface area (Å²) in [4.78, 5) is 0. The fourth-order valence-electron chi connectivity index (χ4n) is 1.81. The van der Waals surface area contributed by atoms with Gasteiger partial charge in [0.15, 0.2) is 0 Å². The Hall–Kier alpha value is -0.0400. The van der Waals surface area contributed by atoms with Crippen LogP contribution in [0.4, 0.5) is 0 Å². The molecule has 0 unspecified atom stereocenters. The van der Waals surface area contributed by atoms with Crippen LogP contribution in [0.1, 0.15) is 39.5 Å². The molecule has 0 aromatic rings. The fourth-order valence-corrected chi connectivity index (χ4v) is 1.81. The van der Waals surface area contributed by atoms with Crippen molar-refractivity contribution in [2.24, 2.45) is 11.8 Å². The quantitative estimate of drug-likeness (QED) is 0.595. The van der Waals surface area contributed by atoms with Crippen molar-refractivity contribution in [2.45, 2.75) is 45.6 Å². The van der Waals surface area contributed by atoms with Gasteiger partial charge in [-0.15, -0.1) is 0 Å². The van der Waals surface area contributed by atoms with Gasteiger partial charge in [-0.3, -0.25) is 0 Å². The molecule has 1 aliphatic carbocycles. The summed E-state index contributed by atoms with van der Waals surface area (Å²) in [6.45, 7) is 4.51. The summed E-state index contributed by atoms with van der Waals surface area (Å²) in [7, 11) is 0. The number of aliphatic hydroxyl groups is 1. The largest absolute Gasteiger partial charge is 0.393 e. The second kappa shape index (κ2) is 3.38. The van der Waals surface area contributed by atoms with Crippen molar-refractivity contribution in [3.8, 4) is 0 Å². The van der Waals surface area contributed by atoms with Crippen molar-refractivity contribution in [3.63, 3.8) is 0 Å². The van der Waals surface area contributed by atoms with Crippen LogP contribution in [-0.2, 0) is 0 Å². The van der Waals surface area contributed by atoms with Crippen LogP contribution >= 0.6 is 0 Å². The van der Waals surface area contributed by atoms with Crippen molar-refractivity contribution in [1.82, 2.24) is 0 Å². The molecule has 1 N–H and O–H groups in total. The van der Waals surface area contributed by atoms with Crippen molar-refractivity contribution in [3.05, 3.63) is 0 Å². The summed E-state index contributed by atoms with van der Waals surface area (Å²) >= 11 is 0. The molecule has 0 aromatic heterocycles. The van der Waals surface area contributed by atoms with E-state index < -0.39 is 0 Å². The van der Waals surface area contributed by atoms with Gasteiger partial charge in [-0.1, -0.05) is 26.7 Å². The predicted molar refractivity (Wildman–Crippen MR) is 42.8 cm³/mol. The molecule has 1 heteroatoms. The Morgan fingerprint density at radius 3 is 2.40 bits per heavy atom. The van der Waals surface area contributed by atoms with E-state index in [-0.39, 0.29) is 6.10 Å². The van der Waals surface area contributed by atoms with Crippen LogP contribution in [0.3, 0.4) is 0 Å². The van der Waals surface area contributed by atoms with Crippen molar-refractivity contribution >= 4 is 0 Å². The molecule has 1 fully saturated rings. The van der Waals surface area contributed by atoms with Crippen LogP contribution in [0.25, 0.3) is 0 Å². The zero-order valence-corrected chi connectivity index (χ0v) is 7.01. The number of hydrogen-bond acceptors (Lipinski definition) is 1. The summed E-state index contributed by atoms with van der Waals surface area (Å²) in [6, 6.07) is 0. The highest BCUT2D eigenvalue weighted by molar-refractivity contribution is 4.73. The second-order valence-electron chi connectivity index (χ2n) is 3.82. The molecule has 0 radical (unpaired) electrons. The Morgan fingerprint density at radius 2 is 2.00 bits per heavy atom. The minimum absolute atomic E-state index is 0.00106. The molecule has 0 amide bonds. The standard InChI is InChI=1S/C9H18O/c1-7(2)8-4-3-5-9(10)6-8/h7-10H,3-6H2,1-2H3/t8-,9+/m1/s1. The monoisotopic (exact) mass is 142 g/mol. The van der Waals surface area contributed by atoms with E-state index in [0.29, 0.717) is 0 Å². The van der Waals surface area contributed by atoms with Crippen molar-refractivity contribution in [2.75, 3.05) is 0 Å². The first kappa shape index (κ1) is 8.06. The lowest BCUT2D eigenvalue weighted by Gasteiger charge is -2.28. The van der Waals surface area contributed by atoms with Crippen molar-refractivity contribution in [1.29, 1.82) is 0 Å². The van der Waals surface area contributed by atoms with Gasteiger partial charge in [0.1, 0.15) is 0 Å². The summed E-state index contributed by atoms with van der Waals surface area (Å²) in [5, 5.41) is 9.33. The third-order valence-electron chi connectivity index (χ3n) is 2.63. The highest BCUT2D eigenvalue weighted by Gasteiger charge is 2.21. The molecule has 1 aliphatic rings. The fraction of sp³-hybridized carbons (Fsp3) is 1.00. The van der Waals surface area contributed by atoms with Gasteiger partial charge in [0.25, 0.3) is 0 Å². The summed E-state index contributed by atoms with van der Waals surface area (Å²) in [6.07, 6.45) is 4.63. The Kier molecular flexibility index (Phi) is 2.72. The van der Waals surface area contributed by atoms with Gasteiger partial charge in [-0.25, -0.2) is 0 Å². The molecule has 1 saturated carbocycles. The Balaban J connectivity index is 2.32. The zero-order valence-electron chi connectivity index (χ0n) is 7.01. The molecule has 10 heavy (non-hydrogen) atoms. The Morgan fingerprint density at radius 1 is 1.30 bits per heavy atom. The van der Waals surface area contributed by atoms with E-state index >= 15 is 0 Å². The van der Waals surface area contributed by atoms with E-state index in [4.69, 9.17) is 0 Å². The number of hydrogen-bond donors (Lipinski definition) is 1. The number of aliphatic hydroxyl groups excluding tert-OH is 1. The third kappa shape index (κ3) is 1.98. The van der Waals surface area contributed by atoms with Crippen LogP contribution in [0.15, 0.2) is 0 Å². The third-order valence-corrected chi connectivity index (χ3v) is 2.63. The molecule has 0 spiro atoms. The average Bonchev–Trinajstić information content (AvgIpc) is 1.88. The summed E-state index contributed by atoms with van der Waals surface area (Å²) in [5.74, 6) is 1.54. The summed E-state index contributed by atoms with van der Waals surface area (Å²) in [5.41, 5.74) is 0. The maximum atomic E-state index is 9.33. The van der Waals surface area contributed by atoms with Gasteiger partial charge in [0, 0.05) is 0 Å². The van der Waals surface area contributed by atoms with Crippen LogP contribution in [0.5, 0.6) is 0 Å². The lowest BCUT2D eigenvalue weighted by atomic mass is 9.80. The van der Waals surface area contributed by atoms with Crippen LogP contribution in [0.2, 0.25) is 0 Å². The maximum absolute atomic E-state index is 9.33. The Labute approximate surface area is 63.4 Å². The van der Waals surface area contributed by atoms with Crippen LogP contribution < -0.4 is 0 Å². The predicted octanol–water partition coefficient (Wildman–Crippen LogP) is 2.19. The average molecular weight is 142 g/mol. The molecular weight excluding hydrogens is 124 g/mol. The molecule has 0 saturated heterocycles. The van der Waals surface area contributed by atoms with Gasteiger partial charge >= 0.3 is 0 Å². The molecule has 1 rings (SSSR count). The minimum Gasteiger partial charge on any atom is -0.393 e. The van der Waals surface area contributed by atoms with Crippen LogP contribution in [0, 0.1) is 11.8 Å². The van der Waals surface area contributed by atoms with E-state index in [9.17, 15) is 5.11 Å². The highest BCUT2D eigenvalue weighted by Crippen LogP contribution is 2.29. The van der Waals surface area contributed by atoms with Gasteiger partial charge in [-0.05, 0) is 24.7 Å². The van der Waals surface area contributed by atoms with Crippen molar-refractivity contribution < 1.29 is 5.11 Å². The molecule has 0 aromatic carbocycles. The second-order valence-corrected chi connectivity index (χ2v) is 3.82. The smallest absolute Gasteiger partial charge is 0.0543 e. The lowest BCUT2D eigenvalue weighted by molar-refractivity contribution is 0.0858. The van der Waals surface area contributed by atoms with E-state index in [2.05, 4.69) is 13.8 Å². The highest BCUT2D eigenvalue weighted by atomic mass is 16.3. The van der Waals surface area contributed by atoms with Gasteiger partial charge in [-0.2, -0.15) is 0 Å². The minimum atomic E-state index is 0.00106. The first-order chi connectivity index (χ1) is 4.70. The molecule has 0 bridgehead atoms.